The summed E-state index contributed by atoms with van der Waals surface area (Å²) < 4.78 is 4.77. The van der Waals surface area contributed by atoms with Crippen LogP contribution in [0.2, 0.25) is 0 Å². The van der Waals surface area contributed by atoms with Crippen LogP contribution >= 0.6 is 11.8 Å². The minimum atomic E-state index is -0.408. The minimum Gasteiger partial charge on any atom is -0.465 e. The number of anilines is 1. The molecule has 5 heteroatoms. The summed E-state index contributed by atoms with van der Waals surface area (Å²) in [6, 6.07) is 19.8. The second-order valence-corrected chi connectivity index (χ2v) is 7.18. The van der Waals surface area contributed by atoms with E-state index >= 15 is 0 Å². The minimum absolute atomic E-state index is 0.0918. The van der Waals surface area contributed by atoms with Gasteiger partial charge in [0, 0.05) is 11.4 Å². The third-order valence-electron chi connectivity index (χ3n) is 4.33. The Morgan fingerprint density at radius 1 is 1.00 bits per heavy atom. The normalized spacial score (nSPS) is 10.6. The molecule has 0 saturated heterocycles. The van der Waals surface area contributed by atoms with Crippen molar-refractivity contribution in [3.8, 4) is 0 Å². The van der Waals surface area contributed by atoms with E-state index in [1.54, 1.807) is 36.9 Å². The molecule has 0 saturated carbocycles. The van der Waals surface area contributed by atoms with Crippen LogP contribution in [0.5, 0.6) is 0 Å². The van der Waals surface area contributed by atoms with Crippen molar-refractivity contribution in [2.45, 2.75) is 12.7 Å². The van der Waals surface area contributed by atoms with Crippen molar-refractivity contribution in [1.82, 2.24) is 0 Å². The summed E-state index contributed by atoms with van der Waals surface area (Å²) in [4.78, 5) is 24.0. The number of carbonyl (C=O) groups excluding carboxylic acids is 2. The van der Waals surface area contributed by atoms with Crippen LogP contribution in [0.4, 0.5) is 5.69 Å². The number of hydrogen-bond acceptors (Lipinski definition) is 4. The standard InChI is InChI=1S/C22H21NO3S/c1-15-19(22(25)26-2)8-5-9-20(15)23-21(24)14-27-13-16-10-11-17-6-3-4-7-18(17)12-16/h3-12H,13-14H2,1-2H3,(H,23,24). The first kappa shape index (κ1) is 19.0. The molecule has 4 nitrogen and oxygen atoms in total. The van der Waals surface area contributed by atoms with Crippen LogP contribution in [-0.2, 0) is 15.3 Å². The molecule has 0 fully saturated rings. The van der Waals surface area contributed by atoms with Crippen LogP contribution in [0, 0.1) is 6.92 Å². The Balaban J connectivity index is 1.57. The molecule has 27 heavy (non-hydrogen) atoms. The number of rotatable bonds is 6. The summed E-state index contributed by atoms with van der Waals surface area (Å²) >= 11 is 1.56. The number of carbonyl (C=O) groups is 2. The highest BCUT2D eigenvalue weighted by molar-refractivity contribution is 7.99. The van der Waals surface area contributed by atoms with Gasteiger partial charge in [-0.25, -0.2) is 4.79 Å². The molecule has 0 aliphatic carbocycles. The zero-order chi connectivity index (χ0) is 19.2. The number of hydrogen-bond donors (Lipinski definition) is 1. The Morgan fingerprint density at radius 3 is 2.56 bits per heavy atom. The average Bonchev–Trinajstić information content (AvgIpc) is 2.69. The lowest BCUT2D eigenvalue weighted by Crippen LogP contribution is -2.16. The Bertz CT molecular complexity index is 984. The third kappa shape index (κ3) is 4.68. The molecule has 0 heterocycles. The second kappa shape index (κ2) is 8.73. The fraction of sp³-hybridized carbons (Fsp3) is 0.182. The number of benzene rings is 3. The van der Waals surface area contributed by atoms with E-state index in [0.717, 1.165) is 5.75 Å². The number of nitrogens with one attached hydrogen (secondary N) is 1. The summed E-state index contributed by atoms with van der Waals surface area (Å²) in [5.41, 5.74) is 2.99. The van der Waals surface area contributed by atoms with Gasteiger partial charge in [-0.05, 0) is 41.0 Å². The molecule has 0 atom stereocenters. The van der Waals surface area contributed by atoms with Crippen molar-refractivity contribution in [2.75, 3.05) is 18.2 Å². The van der Waals surface area contributed by atoms with Gasteiger partial charge in [0.15, 0.2) is 0 Å². The van der Waals surface area contributed by atoms with Crippen molar-refractivity contribution >= 4 is 40.1 Å². The van der Waals surface area contributed by atoms with E-state index in [1.165, 1.54) is 23.4 Å². The molecule has 0 bridgehead atoms. The van der Waals surface area contributed by atoms with Gasteiger partial charge < -0.3 is 10.1 Å². The number of thioether (sulfide) groups is 1. The molecule has 1 N–H and O–H groups in total. The maximum absolute atomic E-state index is 12.3. The fourth-order valence-electron chi connectivity index (χ4n) is 2.88. The molecular weight excluding hydrogens is 358 g/mol. The first-order chi connectivity index (χ1) is 13.1. The number of esters is 1. The van der Waals surface area contributed by atoms with Gasteiger partial charge in [-0.2, -0.15) is 0 Å². The molecule has 0 spiro atoms. The van der Waals surface area contributed by atoms with E-state index in [9.17, 15) is 9.59 Å². The summed E-state index contributed by atoms with van der Waals surface area (Å²) in [5, 5.41) is 5.29. The molecule has 0 aliphatic heterocycles. The molecule has 0 radical (unpaired) electrons. The van der Waals surface area contributed by atoms with Gasteiger partial charge in [-0.3, -0.25) is 4.79 Å². The second-order valence-electron chi connectivity index (χ2n) is 6.19. The van der Waals surface area contributed by atoms with Crippen molar-refractivity contribution in [3.63, 3.8) is 0 Å². The smallest absolute Gasteiger partial charge is 0.338 e. The third-order valence-corrected chi connectivity index (χ3v) is 5.33. The number of fused-ring (bicyclic) bond motifs is 1. The molecule has 3 aromatic carbocycles. The molecule has 0 unspecified atom stereocenters. The Hall–Kier alpha value is -2.79. The van der Waals surface area contributed by atoms with Gasteiger partial charge in [0.05, 0.1) is 18.4 Å². The maximum Gasteiger partial charge on any atom is 0.338 e. The van der Waals surface area contributed by atoms with Gasteiger partial charge in [0.2, 0.25) is 5.91 Å². The Kier molecular flexibility index (Phi) is 6.14. The predicted molar refractivity (Wildman–Crippen MR) is 111 cm³/mol. The molecule has 3 aromatic rings. The number of methoxy groups -OCH3 is 1. The largest absolute Gasteiger partial charge is 0.465 e. The predicted octanol–water partition coefficient (Wildman–Crippen LogP) is 4.81. The van der Waals surface area contributed by atoms with Gasteiger partial charge in [0.1, 0.15) is 0 Å². The lowest BCUT2D eigenvalue weighted by molar-refractivity contribution is -0.113. The van der Waals surface area contributed by atoms with Gasteiger partial charge in [0.25, 0.3) is 0 Å². The zero-order valence-electron chi connectivity index (χ0n) is 15.3. The van der Waals surface area contributed by atoms with E-state index in [2.05, 4.69) is 35.6 Å². The Labute approximate surface area is 162 Å². The lowest BCUT2D eigenvalue weighted by atomic mass is 10.1. The van der Waals surface area contributed by atoms with E-state index in [1.807, 2.05) is 12.1 Å². The highest BCUT2D eigenvalue weighted by atomic mass is 32.2. The highest BCUT2D eigenvalue weighted by Gasteiger charge is 2.13. The van der Waals surface area contributed by atoms with E-state index in [-0.39, 0.29) is 5.91 Å². The van der Waals surface area contributed by atoms with Crippen LogP contribution < -0.4 is 5.32 Å². The maximum atomic E-state index is 12.3. The van der Waals surface area contributed by atoms with E-state index < -0.39 is 5.97 Å². The lowest BCUT2D eigenvalue weighted by Gasteiger charge is -2.11. The van der Waals surface area contributed by atoms with Crippen molar-refractivity contribution < 1.29 is 14.3 Å². The molecule has 0 aromatic heterocycles. The average molecular weight is 379 g/mol. The first-order valence-electron chi connectivity index (χ1n) is 8.61. The van der Waals surface area contributed by atoms with Gasteiger partial charge in [-0.15, -0.1) is 11.8 Å². The quantitative estimate of drug-likeness (QED) is 0.625. The summed E-state index contributed by atoms with van der Waals surface area (Å²) in [6.45, 7) is 1.80. The van der Waals surface area contributed by atoms with Crippen molar-refractivity contribution in [3.05, 3.63) is 77.4 Å². The van der Waals surface area contributed by atoms with E-state index in [4.69, 9.17) is 4.74 Å². The van der Waals surface area contributed by atoms with Crippen LogP contribution in [0.3, 0.4) is 0 Å². The van der Waals surface area contributed by atoms with Crippen molar-refractivity contribution in [1.29, 1.82) is 0 Å². The number of amides is 1. The first-order valence-corrected chi connectivity index (χ1v) is 9.77. The molecule has 138 valence electrons. The summed E-state index contributed by atoms with van der Waals surface area (Å²) in [6.07, 6.45) is 0. The summed E-state index contributed by atoms with van der Waals surface area (Å²) in [7, 11) is 1.34. The van der Waals surface area contributed by atoms with E-state index in [0.29, 0.717) is 22.6 Å². The molecule has 3 rings (SSSR count). The molecule has 0 aliphatic rings. The summed E-state index contributed by atoms with van der Waals surface area (Å²) in [5.74, 6) is 0.605. The fourth-order valence-corrected chi connectivity index (χ4v) is 3.65. The SMILES string of the molecule is COC(=O)c1cccc(NC(=O)CSCc2ccc3ccccc3c2)c1C. The molecule has 1 amide bonds. The number of ether oxygens (including phenoxy) is 1. The van der Waals surface area contributed by atoms with Crippen LogP contribution in [0.15, 0.2) is 60.7 Å². The topological polar surface area (TPSA) is 55.4 Å². The van der Waals surface area contributed by atoms with Crippen molar-refractivity contribution in [2.24, 2.45) is 0 Å². The van der Waals surface area contributed by atoms with Gasteiger partial charge in [-0.1, -0.05) is 48.5 Å². The zero-order valence-corrected chi connectivity index (χ0v) is 16.1. The van der Waals surface area contributed by atoms with Gasteiger partial charge >= 0.3 is 5.97 Å². The monoisotopic (exact) mass is 379 g/mol. The Morgan fingerprint density at radius 2 is 1.78 bits per heavy atom. The molecular formula is C22H21NO3S. The van der Waals surface area contributed by atoms with Crippen LogP contribution in [0.25, 0.3) is 10.8 Å². The van der Waals surface area contributed by atoms with Crippen LogP contribution in [-0.4, -0.2) is 24.7 Å². The van der Waals surface area contributed by atoms with Crippen LogP contribution in [0.1, 0.15) is 21.5 Å². The highest BCUT2D eigenvalue weighted by Crippen LogP contribution is 2.22.